The van der Waals surface area contributed by atoms with E-state index in [1.807, 2.05) is 49.4 Å². The lowest BCUT2D eigenvalue weighted by Gasteiger charge is -2.37. The molecule has 2 heterocycles. The van der Waals surface area contributed by atoms with E-state index in [-0.39, 0.29) is 23.8 Å². The van der Waals surface area contributed by atoms with Crippen molar-refractivity contribution in [1.82, 2.24) is 9.21 Å². The summed E-state index contributed by atoms with van der Waals surface area (Å²) in [6, 6.07) is 16.7. The molecule has 8 heteroatoms. The topological polar surface area (TPSA) is 84.0 Å². The molecule has 0 N–H and O–H groups in total. The highest BCUT2D eigenvalue weighted by Crippen LogP contribution is 2.38. The number of sulfonamides is 1. The number of carbonyl (C=O) groups is 2. The molecule has 2 aliphatic heterocycles. The summed E-state index contributed by atoms with van der Waals surface area (Å²) in [4.78, 5) is 26.5. The van der Waals surface area contributed by atoms with Crippen molar-refractivity contribution in [3.63, 3.8) is 0 Å². The fourth-order valence-corrected chi connectivity index (χ4v) is 7.44. The predicted octanol–water partition coefficient (Wildman–Crippen LogP) is 5.18. The molecular formula is C28H36N2O5S. The summed E-state index contributed by atoms with van der Waals surface area (Å²) in [5.41, 5.74) is 2.35. The van der Waals surface area contributed by atoms with Gasteiger partial charge in [-0.05, 0) is 56.6 Å². The molecule has 2 aromatic carbocycles. The summed E-state index contributed by atoms with van der Waals surface area (Å²) in [6.07, 6.45) is 3.18. The summed E-state index contributed by atoms with van der Waals surface area (Å²) in [6.45, 7) is 5.65. The number of piperidine rings is 1. The highest BCUT2D eigenvalue weighted by atomic mass is 32.2. The van der Waals surface area contributed by atoms with Crippen LogP contribution in [0.3, 0.4) is 0 Å². The molecule has 2 aliphatic rings. The predicted molar refractivity (Wildman–Crippen MR) is 139 cm³/mol. The van der Waals surface area contributed by atoms with Gasteiger partial charge in [0.1, 0.15) is 5.25 Å². The van der Waals surface area contributed by atoms with Crippen molar-refractivity contribution in [2.45, 2.75) is 63.8 Å². The van der Waals surface area contributed by atoms with Gasteiger partial charge in [-0.25, -0.2) is 13.2 Å². The molecule has 4 rings (SSSR count). The lowest BCUT2D eigenvalue weighted by atomic mass is 9.90. The SMILES string of the molecule is CCOC(=O)N1CCC(CC(=O)c2ccc(CN3[C@@H](C)CCC(c4ccccc4)S3(=O)=O)cc2)CC1. The molecule has 0 aliphatic carbocycles. The van der Waals surface area contributed by atoms with E-state index in [4.69, 9.17) is 4.74 Å². The minimum absolute atomic E-state index is 0.0725. The molecule has 2 aromatic rings. The molecule has 0 spiro atoms. The molecule has 2 atom stereocenters. The van der Waals surface area contributed by atoms with Crippen molar-refractivity contribution in [2.24, 2.45) is 5.92 Å². The number of likely N-dealkylation sites (tertiary alicyclic amines) is 1. The summed E-state index contributed by atoms with van der Waals surface area (Å²) in [7, 11) is -3.50. The van der Waals surface area contributed by atoms with Crippen molar-refractivity contribution in [2.75, 3.05) is 19.7 Å². The van der Waals surface area contributed by atoms with E-state index in [2.05, 4.69) is 0 Å². The standard InChI is InChI=1S/C28H36N2O5S/c1-3-35-28(32)29-17-15-22(16-18-29)19-26(31)24-12-10-23(11-13-24)20-30-21(2)9-14-27(36(30,33)34)25-7-5-4-6-8-25/h4-8,10-13,21-22,27H,3,9,14-20H2,1-2H3/t21-,27?/m0/s1. The van der Waals surface area contributed by atoms with Crippen LogP contribution in [0.2, 0.25) is 0 Å². The maximum atomic E-state index is 13.5. The van der Waals surface area contributed by atoms with Crippen molar-refractivity contribution in [1.29, 1.82) is 0 Å². The molecular weight excluding hydrogens is 476 g/mol. The minimum atomic E-state index is -3.50. The summed E-state index contributed by atoms with van der Waals surface area (Å²) < 4.78 is 33.6. The van der Waals surface area contributed by atoms with Crippen LogP contribution in [-0.4, -0.2) is 55.2 Å². The van der Waals surface area contributed by atoms with E-state index in [0.29, 0.717) is 44.6 Å². The molecule has 194 valence electrons. The smallest absolute Gasteiger partial charge is 0.409 e. The van der Waals surface area contributed by atoms with Gasteiger partial charge >= 0.3 is 6.09 Å². The first-order valence-corrected chi connectivity index (χ1v) is 14.4. The van der Waals surface area contributed by atoms with E-state index < -0.39 is 15.3 Å². The number of ether oxygens (including phenoxy) is 1. The zero-order valence-electron chi connectivity index (χ0n) is 21.1. The number of carbonyl (C=O) groups excluding carboxylic acids is 2. The largest absolute Gasteiger partial charge is 0.450 e. The number of rotatable bonds is 7. The highest BCUT2D eigenvalue weighted by molar-refractivity contribution is 7.89. The lowest BCUT2D eigenvalue weighted by molar-refractivity contribution is 0.0846. The maximum absolute atomic E-state index is 13.5. The first-order valence-electron chi connectivity index (χ1n) is 12.9. The van der Waals surface area contributed by atoms with E-state index >= 15 is 0 Å². The Hall–Kier alpha value is -2.71. The molecule has 0 radical (unpaired) electrons. The minimum Gasteiger partial charge on any atom is -0.450 e. The van der Waals surface area contributed by atoms with Crippen molar-refractivity contribution < 1.29 is 22.7 Å². The molecule has 2 fully saturated rings. The molecule has 2 saturated heterocycles. The normalized spacial score (nSPS) is 22.8. The number of hydrogen-bond donors (Lipinski definition) is 0. The van der Waals surface area contributed by atoms with Crippen LogP contribution in [0.15, 0.2) is 54.6 Å². The van der Waals surface area contributed by atoms with Gasteiger partial charge in [0.05, 0.1) is 6.61 Å². The van der Waals surface area contributed by atoms with Crippen molar-refractivity contribution in [3.05, 3.63) is 71.3 Å². The number of nitrogens with zero attached hydrogens (tertiary/aromatic N) is 2. The van der Waals surface area contributed by atoms with Crippen LogP contribution < -0.4 is 0 Å². The summed E-state index contributed by atoms with van der Waals surface area (Å²) in [5.74, 6) is 0.330. The van der Waals surface area contributed by atoms with Gasteiger partial charge in [-0.15, -0.1) is 0 Å². The average Bonchev–Trinajstić information content (AvgIpc) is 2.88. The lowest BCUT2D eigenvalue weighted by Crippen LogP contribution is -2.44. The fourth-order valence-electron chi connectivity index (χ4n) is 5.24. The molecule has 0 saturated carbocycles. The number of Topliss-reactive ketones (excluding diaryl/α,β-unsaturated/α-hetero) is 1. The van der Waals surface area contributed by atoms with Crippen LogP contribution in [0.1, 0.15) is 72.7 Å². The van der Waals surface area contributed by atoms with E-state index in [9.17, 15) is 18.0 Å². The molecule has 0 aromatic heterocycles. The van der Waals surface area contributed by atoms with Gasteiger partial charge in [0.15, 0.2) is 5.78 Å². The second-order valence-electron chi connectivity index (χ2n) is 9.87. The number of ketones is 1. The first kappa shape index (κ1) is 26.4. The van der Waals surface area contributed by atoms with Gasteiger partial charge < -0.3 is 9.64 Å². The van der Waals surface area contributed by atoms with Crippen molar-refractivity contribution >= 4 is 21.9 Å². The molecule has 36 heavy (non-hydrogen) atoms. The number of hydrogen-bond acceptors (Lipinski definition) is 5. The van der Waals surface area contributed by atoms with Crippen LogP contribution in [0, 0.1) is 5.92 Å². The second kappa shape index (κ2) is 11.6. The van der Waals surface area contributed by atoms with Gasteiger partial charge in [0.25, 0.3) is 0 Å². The van der Waals surface area contributed by atoms with Crippen LogP contribution in [0.25, 0.3) is 0 Å². The Labute approximate surface area is 214 Å². The third kappa shape index (κ3) is 5.98. The Bertz CT molecular complexity index is 1140. The first-order chi connectivity index (χ1) is 17.3. The Morgan fingerprint density at radius 1 is 0.944 bits per heavy atom. The average molecular weight is 513 g/mol. The number of benzene rings is 2. The molecule has 1 unspecified atom stereocenters. The van der Waals surface area contributed by atoms with E-state index in [1.165, 1.54) is 0 Å². The monoisotopic (exact) mass is 512 g/mol. The maximum Gasteiger partial charge on any atom is 0.409 e. The third-order valence-corrected chi connectivity index (χ3v) is 9.79. The third-order valence-electron chi connectivity index (χ3n) is 7.42. The van der Waals surface area contributed by atoms with Gasteiger partial charge in [-0.2, -0.15) is 4.31 Å². The zero-order chi connectivity index (χ0) is 25.7. The van der Waals surface area contributed by atoms with Gasteiger partial charge in [-0.1, -0.05) is 54.6 Å². The zero-order valence-corrected chi connectivity index (χ0v) is 22.0. The Morgan fingerprint density at radius 3 is 2.25 bits per heavy atom. The summed E-state index contributed by atoms with van der Waals surface area (Å²) >= 11 is 0. The van der Waals surface area contributed by atoms with Crippen LogP contribution in [0.4, 0.5) is 4.79 Å². The number of amides is 1. The fraction of sp³-hybridized carbons (Fsp3) is 0.500. The van der Waals surface area contributed by atoms with Gasteiger partial charge in [-0.3, -0.25) is 4.79 Å². The quantitative estimate of drug-likeness (QED) is 0.477. The Balaban J connectivity index is 1.36. The molecule has 0 bridgehead atoms. The molecule has 7 nitrogen and oxygen atoms in total. The Kier molecular flexibility index (Phi) is 8.46. The van der Waals surface area contributed by atoms with Gasteiger partial charge in [0.2, 0.25) is 10.0 Å². The van der Waals surface area contributed by atoms with Gasteiger partial charge in [0, 0.05) is 37.7 Å². The van der Waals surface area contributed by atoms with E-state index in [0.717, 1.165) is 30.4 Å². The molecule has 1 amide bonds. The highest BCUT2D eigenvalue weighted by Gasteiger charge is 2.40. The Morgan fingerprint density at radius 2 is 1.61 bits per heavy atom. The van der Waals surface area contributed by atoms with Crippen molar-refractivity contribution in [3.8, 4) is 0 Å². The van der Waals surface area contributed by atoms with E-state index in [1.54, 1.807) is 28.3 Å². The van der Waals surface area contributed by atoms with Crippen LogP contribution >= 0.6 is 0 Å². The second-order valence-corrected chi connectivity index (χ2v) is 11.9. The van der Waals surface area contributed by atoms with Crippen LogP contribution in [-0.2, 0) is 21.3 Å². The van der Waals surface area contributed by atoms with Crippen LogP contribution in [0.5, 0.6) is 0 Å². The summed E-state index contributed by atoms with van der Waals surface area (Å²) in [5, 5.41) is -0.522.